The molecule has 0 atom stereocenters. The second-order valence-electron chi connectivity index (χ2n) is 4.42. The van der Waals surface area contributed by atoms with Crippen LogP contribution in [0.4, 0.5) is 0 Å². The van der Waals surface area contributed by atoms with Crippen molar-refractivity contribution < 1.29 is 13.6 Å². The maximum absolute atomic E-state index is 5.68. The molecule has 0 aromatic carbocycles. The Morgan fingerprint density at radius 3 is 2.00 bits per heavy atom. The van der Waals surface area contributed by atoms with E-state index in [0.717, 1.165) is 51.4 Å². The summed E-state index contributed by atoms with van der Waals surface area (Å²) in [5.74, 6) is 0. The third-order valence-corrected chi connectivity index (χ3v) is 7.10. The van der Waals surface area contributed by atoms with E-state index in [1.807, 2.05) is 0 Å². The lowest BCUT2D eigenvalue weighted by Crippen LogP contribution is -2.40. The van der Waals surface area contributed by atoms with E-state index in [0.29, 0.717) is 0 Å². The van der Waals surface area contributed by atoms with Crippen LogP contribution in [-0.2, 0) is 13.6 Å². The van der Waals surface area contributed by atoms with Gasteiger partial charge in [-0.1, -0.05) is 20.8 Å². The molecule has 0 spiro atoms. The van der Waals surface area contributed by atoms with E-state index in [1.165, 1.54) is 0 Å². The second kappa shape index (κ2) is 10.9. The van der Waals surface area contributed by atoms with Crippen molar-refractivity contribution >= 4 is 8.56 Å². The molecule has 0 heterocycles. The Morgan fingerprint density at radius 1 is 0.944 bits per heavy atom. The van der Waals surface area contributed by atoms with Gasteiger partial charge >= 0.3 is 8.56 Å². The standard InChI is InChI=1S/C13H31NO3Si/c1-6-14(7-2)10-9-11-17-12-13-18(8-3,15-4)16-5/h6-13H2,1-5H3. The number of hydrogen-bond acceptors (Lipinski definition) is 4. The largest absolute Gasteiger partial charge is 0.398 e. The molecule has 0 amide bonds. The van der Waals surface area contributed by atoms with Gasteiger partial charge < -0.3 is 18.5 Å². The van der Waals surface area contributed by atoms with Crippen LogP contribution in [-0.4, -0.2) is 60.5 Å². The summed E-state index contributed by atoms with van der Waals surface area (Å²) in [6, 6.07) is 1.89. The highest BCUT2D eigenvalue weighted by Gasteiger charge is 2.32. The summed E-state index contributed by atoms with van der Waals surface area (Å²) in [7, 11) is 1.55. The van der Waals surface area contributed by atoms with Crippen LogP contribution in [0.25, 0.3) is 0 Å². The molecule has 0 unspecified atom stereocenters. The van der Waals surface area contributed by atoms with E-state index in [9.17, 15) is 0 Å². The van der Waals surface area contributed by atoms with E-state index in [2.05, 4.69) is 25.7 Å². The average molecular weight is 277 g/mol. The number of hydrogen-bond donors (Lipinski definition) is 0. The summed E-state index contributed by atoms with van der Waals surface area (Å²) in [6.45, 7) is 11.5. The maximum atomic E-state index is 5.68. The smallest absolute Gasteiger partial charge is 0.339 e. The van der Waals surface area contributed by atoms with Crippen molar-refractivity contribution in [2.45, 2.75) is 39.3 Å². The van der Waals surface area contributed by atoms with Gasteiger partial charge in [0, 0.05) is 40.0 Å². The minimum absolute atomic E-state index is 0.750. The normalized spacial score (nSPS) is 12.3. The molecular formula is C13H31NO3Si. The highest BCUT2D eigenvalue weighted by molar-refractivity contribution is 6.67. The zero-order valence-corrected chi connectivity index (χ0v) is 13.8. The molecular weight excluding hydrogens is 246 g/mol. The summed E-state index contributed by atoms with van der Waals surface area (Å²) in [5, 5.41) is 0. The summed E-state index contributed by atoms with van der Waals surface area (Å²) >= 11 is 0. The third kappa shape index (κ3) is 6.85. The Morgan fingerprint density at radius 2 is 1.56 bits per heavy atom. The first-order chi connectivity index (χ1) is 8.67. The third-order valence-electron chi connectivity index (χ3n) is 3.57. The minimum Gasteiger partial charge on any atom is -0.398 e. The SMILES string of the molecule is CCN(CC)CCCOCC[Si](CC)(OC)OC. The number of rotatable bonds is 12. The summed E-state index contributed by atoms with van der Waals surface area (Å²) in [6.07, 6.45) is 1.10. The topological polar surface area (TPSA) is 30.9 Å². The molecule has 0 fully saturated rings. The molecule has 5 heteroatoms. The van der Waals surface area contributed by atoms with E-state index >= 15 is 0 Å². The van der Waals surface area contributed by atoms with Gasteiger partial charge in [0.05, 0.1) is 0 Å². The van der Waals surface area contributed by atoms with Gasteiger partial charge in [0.1, 0.15) is 0 Å². The highest BCUT2D eigenvalue weighted by atomic mass is 28.4. The maximum Gasteiger partial charge on any atom is 0.339 e. The molecule has 0 aromatic heterocycles. The molecule has 0 N–H and O–H groups in total. The average Bonchev–Trinajstić information content (AvgIpc) is 2.43. The quantitative estimate of drug-likeness (QED) is 0.405. The number of nitrogens with zero attached hydrogens (tertiary/aromatic N) is 1. The zero-order chi connectivity index (χ0) is 13.9. The van der Waals surface area contributed by atoms with E-state index in [-0.39, 0.29) is 0 Å². The van der Waals surface area contributed by atoms with Gasteiger partial charge in [-0.2, -0.15) is 0 Å². The molecule has 0 radical (unpaired) electrons. The van der Waals surface area contributed by atoms with Gasteiger partial charge in [-0.15, -0.1) is 0 Å². The molecule has 0 saturated heterocycles. The van der Waals surface area contributed by atoms with Gasteiger partial charge in [0.15, 0.2) is 0 Å². The molecule has 0 aromatic rings. The molecule has 0 aliphatic heterocycles. The lowest BCUT2D eigenvalue weighted by Gasteiger charge is -2.25. The lowest BCUT2D eigenvalue weighted by molar-refractivity contribution is 0.123. The molecule has 0 aliphatic carbocycles. The zero-order valence-electron chi connectivity index (χ0n) is 12.8. The van der Waals surface area contributed by atoms with Crippen LogP contribution in [0.5, 0.6) is 0 Å². The Balaban J connectivity index is 3.61. The minimum atomic E-state index is -1.95. The fourth-order valence-electron chi connectivity index (χ4n) is 2.01. The van der Waals surface area contributed by atoms with Crippen LogP contribution in [0.2, 0.25) is 12.1 Å². The summed E-state index contributed by atoms with van der Waals surface area (Å²) < 4.78 is 16.8. The Labute approximate surface area is 114 Å². The van der Waals surface area contributed by atoms with E-state index in [4.69, 9.17) is 13.6 Å². The van der Waals surface area contributed by atoms with Crippen molar-refractivity contribution in [2.24, 2.45) is 0 Å². The Kier molecular flexibility index (Phi) is 11.0. The molecule has 4 nitrogen and oxygen atoms in total. The van der Waals surface area contributed by atoms with Gasteiger partial charge in [0.25, 0.3) is 0 Å². The molecule has 110 valence electrons. The molecule has 0 saturated carbocycles. The van der Waals surface area contributed by atoms with Gasteiger partial charge in [-0.05, 0) is 25.6 Å². The fourth-order valence-corrected chi connectivity index (χ4v) is 3.97. The Bertz CT molecular complexity index is 177. The van der Waals surface area contributed by atoms with Crippen LogP contribution in [0.3, 0.4) is 0 Å². The van der Waals surface area contributed by atoms with Crippen molar-refractivity contribution in [3.05, 3.63) is 0 Å². The van der Waals surface area contributed by atoms with Crippen molar-refractivity contribution in [1.82, 2.24) is 4.90 Å². The van der Waals surface area contributed by atoms with Gasteiger partial charge in [0.2, 0.25) is 0 Å². The highest BCUT2D eigenvalue weighted by Crippen LogP contribution is 2.16. The van der Waals surface area contributed by atoms with E-state index in [1.54, 1.807) is 14.2 Å². The van der Waals surface area contributed by atoms with Crippen LogP contribution < -0.4 is 0 Å². The lowest BCUT2D eigenvalue weighted by atomic mass is 10.4. The van der Waals surface area contributed by atoms with Crippen molar-refractivity contribution in [3.8, 4) is 0 Å². The van der Waals surface area contributed by atoms with Crippen molar-refractivity contribution in [2.75, 3.05) is 47.1 Å². The van der Waals surface area contributed by atoms with E-state index < -0.39 is 8.56 Å². The first kappa shape index (κ1) is 18.1. The van der Waals surface area contributed by atoms with Gasteiger partial charge in [-0.3, -0.25) is 0 Å². The first-order valence-corrected chi connectivity index (χ1v) is 9.31. The monoisotopic (exact) mass is 277 g/mol. The van der Waals surface area contributed by atoms with Crippen LogP contribution in [0, 0.1) is 0 Å². The Hall–Kier alpha value is 0.0569. The summed E-state index contributed by atoms with van der Waals surface area (Å²) in [5.41, 5.74) is 0. The second-order valence-corrected chi connectivity index (χ2v) is 8.26. The van der Waals surface area contributed by atoms with Gasteiger partial charge in [-0.25, -0.2) is 0 Å². The molecule has 0 rings (SSSR count). The molecule has 0 aliphatic rings. The van der Waals surface area contributed by atoms with Crippen LogP contribution in [0.15, 0.2) is 0 Å². The predicted octanol–water partition coefficient (Wildman–Crippen LogP) is 2.49. The predicted molar refractivity (Wildman–Crippen MR) is 78.3 cm³/mol. The van der Waals surface area contributed by atoms with Crippen molar-refractivity contribution in [1.29, 1.82) is 0 Å². The first-order valence-electron chi connectivity index (χ1n) is 7.08. The van der Waals surface area contributed by atoms with Crippen LogP contribution >= 0.6 is 0 Å². The summed E-state index contributed by atoms with van der Waals surface area (Å²) in [4.78, 5) is 2.42. The molecule has 0 bridgehead atoms. The number of ether oxygens (including phenoxy) is 1. The molecule has 18 heavy (non-hydrogen) atoms. The fraction of sp³-hybridized carbons (Fsp3) is 1.00. The van der Waals surface area contributed by atoms with Crippen LogP contribution in [0.1, 0.15) is 27.2 Å². The van der Waals surface area contributed by atoms with Crippen molar-refractivity contribution in [3.63, 3.8) is 0 Å².